The number of hydrogen-bond donors (Lipinski definition) is 0. The first-order valence-electron chi connectivity index (χ1n) is 5.79. The lowest BCUT2D eigenvalue weighted by atomic mass is 10.1. The molecule has 0 saturated carbocycles. The number of fused-ring (bicyclic) bond motifs is 1. The summed E-state index contributed by atoms with van der Waals surface area (Å²) in [4.78, 5) is 2.28. The molecule has 86 valence electrons. The second-order valence-electron chi connectivity index (χ2n) is 4.95. The van der Waals surface area contributed by atoms with Gasteiger partial charge in [0.1, 0.15) is 6.07 Å². The van der Waals surface area contributed by atoms with Gasteiger partial charge in [0.2, 0.25) is 0 Å². The minimum atomic E-state index is 0.558. The smallest absolute Gasteiger partial charge is 0.166 e. The van der Waals surface area contributed by atoms with Crippen molar-refractivity contribution in [3.63, 3.8) is 0 Å². The molecule has 0 atom stereocenters. The summed E-state index contributed by atoms with van der Waals surface area (Å²) in [6.07, 6.45) is 0.951. The van der Waals surface area contributed by atoms with E-state index in [1.165, 1.54) is 11.3 Å². The van der Waals surface area contributed by atoms with Crippen molar-refractivity contribution in [2.45, 2.75) is 33.4 Å². The largest absolute Gasteiger partial charge is 0.300 e. The first kappa shape index (κ1) is 11.2. The normalized spacial score (nSPS) is 16.2. The molecule has 1 aliphatic rings. The zero-order valence-electron chi connectivity index (χ0n) is 10.2. The molecule has 0 fully saturated rings. The lowest BCUT2D eigenvalue weighted by Crippen LogP contribution is -2.28. The Bertz CT molecular complexity index is 425. The average Bonchev–Trinajstić information content (AvgIpc) is 2.55. The summed E-state index contributed by atoms with van der Waals surface area (Å²) in [7, 11) is 2.11. The van der Waals surface area contributed by atoms with E-state index in [-0.39, 0.29) is 0 Å². The van der Waals surface area contributed by atoms with Crippen molar-refractivity contribution in [1.82, 2.24) is 14.7 Å². The Labute approximate surface area is 96.5 Å². The third-order valence-corrected chi connectivity index (χ3v) is 2.97. The fraction of sp³-hybridized carbons (Fsp3) is 0.667. The van der Waals surface area contributed by atoms with Crippen molar-refractivity contribution >= 4 is 0 Å². The molecular formula is C12H18N4. The molecule has 0 unspecified atom stereocenters. The SMILES string of the molecule is CC(C)Cn1nc(C#N)c2c1CN(C)CC2. The maximum Gasteiger partial charge on any atom is 0.166 e. The predicted molar refractivity (Wildman–Crippen MR) is 61.8 cm³/mol. The molecule has 2 rings (SSSR count). The van der Waals surface area contributed by atoms with Crippen LogP contribution < -0.4 is 0 Å². The maximum atomic E-state index is 9.07. The second kappa shape index (κ2) is 4.26. The summed E-state index contributed by atoms with van der Waals surface area (Å²) in [5.41, 5.74) is 3.03. The number of nitrogens with zero attached hydrogens (tertiary/aromatic N) is 4. The summed E-state index contributed by atoms with van der Waals surface area (Å²) >= 11 is 0. The monoisotopic (exact) mass is 218 g/mol. The van der Waals surface area contributed by atoms with Crippen LogP contribution >= 0.6 is 0 Å². The van der Waals surface area contributed by atoms with Crippen LogP contribution in [0, 0.1) is 17.2 Å². The Balaban J connectivity index is 2.39. The third kappa shape index (κ3) is 1.96. The highest BCUT2D eigenvalue weighted by molar-refractivity contribution is 5.36. The topological polar surface area (TPSA) is 44.9 Å². The maximum absolute atomic E-state index is 9.07. The van der Waals surface area contributed by atoms with Crippen LogP contribution in [0.4, 0.5) is 0 Å². The molecule has 0 spiro atoms. The minimum Gasteiger partial charge on any atom is -0.300 e. The van der Waals surface area contributed by atoms with Crippen LogP contribution in [-0.4, -0.2) is 28.3 Å². The van der Waals surface area contributed by atoms with E-state index >= 15 is 0 Å². The first-order chi connectivity index (χ1) is 7.61. The lowest BCUT2D eigenvalue weighted by molar-refractivity contribution is 0.296. The quantitative estimate of drug-likeness (QED) is 0.753. The van der Waals surface area contributed by atoms with E-state index in [9.17, 15) is 0 Å². The molecule has 0 amide bonds. The zero-order chi connectivity index (χ0) is 11.7. The van der Waals surface area contributed by atoms with Crippen LogP contribution in [0.2, 0.25) is 0 Å². The molecule has 1 aliphatic heterocycles. The van der Waals surface area contributed by atoms with E-state index in [4.69, 9.17) is 5.26 Å². The van der Waals surface area contributed by atoms with E-state index < -0.39 is 0 Å². The number of nitriles is 1. The molecule has 4 heteroatoms. The van der Waals surface area contributed by atoms with Gasteiger partial charge in [0.15, 0.2) is 5.69 Å². The second-order valence-corrected chi connectivity index (χ2v) is 4.95. The van der Waals surface area contributed by atoms with Crippen LogP contribution in [0.1, 0.15) is 30.8 Å². The van der Waals surface area contributed by atoms with Gasteiger partial charge in [-0.1, -0.05) is 13.8 Å². The third-order valence-electron chi connectivity index (χ3n) is 2.97. The van der Waals surface area contributed by atoms with Crippen LogP contribution in [-0.2, 0) is 19.5 Å². The van der Waals surface area contributed by atoms with Gasteiger partial charge >= 0.3 is 0 Å². The summed E-state index contributed by atoms with van der Waals surface area (Å²) in [6, 6.07) is 2.21. The molecule has 0 radical (unpaired) electrons. The summed E-state index contributed by atoms with van der Waals surface area (Å²) in [5.74, 6) is 0.558. The van der Waals surface area contributed by atoms with Gasteiger partial charge in [0.25, 0.3) is 0 Å². The molecule has 4 nitrogen and oxygen atoms in total. The average molecular weight is 218 g/mol. The molecule has 0 saturated heterocycles. The molecule has 0 N–H and O–H groups in total. The van der Waals surface area contributed by atoms with Gasteiger partial charge in [0.05, 0.1) is 5.69 Å². The molecular weight excluding hydrogens is 200 g/mol. The number of rotatable bonds is 2. The van der Waals surface area contributed by atoms with Gasteiger partial charge in [-0.25, -0.2) is 0 Å². The Morgan fingerprint density at radius 2 is 2.25 bits per heavy atom. The first-order valence-corrected chi connectivity index (χ1v) is 5.79. The van der Waals surface area contributed by atoms with Crippen molar-refractivity contribution < 1.29 is 0 Å². The highest BCUT2D eigenvalue weighted by Gasteiger charge is 2.23. The zero-order valence-corrected chi connectivity index (χ0v) is 10.2. The van der Waals surface area contributed by atoms with E-state index in [1.54, 1.807) is 0 Å². The highest BCUT2D eigenvalue weighted by atomic mass is 15.3. The molecule has 0 bridgehead atoms. The van der Waals surface area contributed by atoms with E-state index in [2.05, 4.69) is 37.0 Å². The Kier molecular flexibility index (Phi) is 2.97. The summed E-state index contributed by atoms with van der Waals surface area (Å²) in [5, 5.41) is 13.5. The number of likely N-dealkylation sites (N-methyl/N-ethyl adjacent to an activating group) is 1. The Morgan fingerprint density at radius 3 is 2.88 bits per heavy atom. The van der Waals surface area contributed by atoms with Crippen LogP contribution in [0.25, 0.3) is 0 Å². The molecule has 2 heterocycles. The van der Waals surface area contributed by atoms with Gasteiger partial charge < -0.3 is 4.90 Å². The molecule has 0 aromatic carbocycles. The Hall–Kier alpha value is -1.34. The standard InChI is InChI=1S/C12H18N4/c1-9(2)7-16-12-8-15(3)5-4-10(12)11(6-13)14-16/h9H,4-5,7-8H2,1-3H3. The van der Waals surface area contributed by atoms with Crippen molar-refractivity contribution in [2.75, 3.05) is 13.6 Å². The Morgan fingerprint density at radius 1 is 1.50 bits per heavy atom. The summed E-state index contributed by atoms with van der Waals surface area (Å²) < 4.78 is 2.02. The van der Waals surface area contributed by atoms with Crippen molar-refractivity contribution in [3.8, 4) is 6.07 Å². The molecule has 1 aromatic rings. The van der Waals surface area contributed by atoms with Crippen LogP contribution in [0.5, 0.6) is 0 Å². The summed E-state index contributed by atoms with van der Waals surface area (Å²) in [6.45, 7) is 7.18. The minimum absolute atomic E-state index is 0.558. The van der Waals surface area contributed by atoms with E-state index in [0.29, 0.717) is 11.6 Å². The highest BCUT2D eigenvalue weighted by Crippen LogP contribution is 2.22. The van der Waals surface area contributed by atoms with Gasteiger partial charge in [0, 0.05) is 25.2 Å². The van der Waals surface area contributed by atoms with Crippen LogP contribution in [0.15, 0.2) is 0 Å². The van der Waals surface area contributed by atoms with Gasteiger partial charge in [-0.15, -0.1) is 0 Å². The molecule has 0 aliphatic carbocycles. The van der Waals surface area contributed by atoms with Crippen molar-refractivity contribution in [3.05, 3.63) is 17.0 Å². The van der Waals surface area contributed by atoms with Crippen molar-refractivity contribution in [2.24, 2.45) is 5.92 Å². The van der Waals surface area contributed by atoms with E-state index in [0.717, 1.165) is 26.1 Å². The lowest BCUT2D eigenvalue weighted by Gasteiger charge is -2.23. The van der Waals surface area contributed by atoms with Gasteiger partial charge in [-0.3, -0.25) is 4.68 Å². The molecule has 16 heavy (non-hydrogen) atoms. The van der Waals surface area contributed by atoms with Gasteiger partial charge in [-0.2, -0.15) is 10.4 Å². The fourth-order valence-electron chi connectivity index (χ4n) is 2.20. The molecule has 1 aromatic heterocycles. The van der Waals surface area contributed by atoms with Gasteiger partial charge in [-0.05, 0) is 19.4 Å². The number of hydrogen-bond acceptors (Lipinski definition) is 3. The van der Waals surface area contributed by atoms with E-state index in [1.807, 2.05) is 4.68 Å². The predicted octanol–water partition coefficient (Wildman–Crippen LogP) is 1.40. The number of aromatic nitrogens is 2. The van der Waals surface area contributed by atoms with Crippen LogP contribution in [0.3, 0.4) is 0 Å². The van der Waals surface area contributed by atoms with Crippen molar-refractivity contribution in [1.29, 1.82) is 5.26 Å². The fourth-order valence-corrected chi connectivity index (χ4v) is 2.20.